The summed E-state index contributed by atoms with van der Waals surface area (Å²) in [6.45, 7) is 6.81. The quantitative estimate of drug-likeness (QED) is 0.0710. The molecule has 0 aliphatic heterocycles. The Balaban J connectivity index is 3.15. The molecule has 0 aromatic heterocycles. The van der Waals surface area contributed by atoms with Crippen LogP contribution in [0.1, 0.15) is 51.4 Å². The maximum atomic E-state index is 11.5. The van der Waals surface area contributed by atoms with E-state index in [0.29, 0.717) is 118 Å². The van der Waals surface area contributed by atoms with Crippen molar-refractivity contribution in [1.82, 2.24) is 0 Å². The Labute approximate surface area is 271 Å². The Morgan fingerprint density at radius 3 is 0.717 bits per heavy atom. The largest absolute Gasteiger partial charge is 0.481 e. The third-order valence-electron chi connectivity index (χ3n) is 5.63. The van der Waals surface area contributed by atoms with E-state index in [-0.39, 0.29) is 64.0 Å². The Morgan fingerprint density at radius 1 is 0.304 bits per heavy atom. The van der Waals surface area contributed by atoms with Crippen LogP contribution in [-0.2, 0) is 66.5 Å². The third-order valence-corrected chi connectivity index (χ3v) is 5.63. The minimum absolute atomic E-state index is 0.0528. The maximum absolute atomic E-state index is 11.5. The topological polar surface area (TPSA) is 201 Å². The van der Waals surface area contributed by atoms with Crippen molar-refractivity contribution < 1.29 is 76.8 Å². The zero-order chi connectivity index (χ0) is 33.8. The first kappa shape index (κ1) is 43.6. The molecule has 0 saturated heterocycles. The van der Waals surface area contributed by atoms with Gasteiger partial charge in [-0.15, -0.1) is 0 Å². The van der Waals surface area contributed by atoms with E-state index in [1.807, 2.05) is 0 Å². The SMILES string of the molecule is O=C(O)CCCCC(=O)OCCOCCOCCOCCOCCOCCOCCOCCOCCOC(=O)CCCCC(=O)O. The number of carbonyl (C=O) groups excluding carboxylic acids is 2. The second kappa shape index (κ2) is 35.4. The van der Waals surface area contributed by atoms with Crippen molar-refractivity contribution in [3.8, 4) is 0 Å². The highest BCUT2D eigenvalue weighted by atomic mass is 16.6. The highest BCUT2D eigenvalue weighted by molar-refractivity contribution is 5.70. The van der Waals surface area contributed by atoms with Crippen LogP contribution in [0, 0.1) is 0 Å². The van der Waals surface area contributed by atoms with Crippen molar-refractivity contribution in [2.24, 2.45) is 0 Å². The maximum Gasteiger partial charge on any atom is 0.305 e. The summed E-state index contributed by atoms with van der Waals surface area (Å²) >= 11 is 0. The summed E-state index contributed by atoms with van der Waals surface area (Å²) in [6.07, 6.45) is 2.41. The predicted octanol–water partition coefficient (Wildman–Crippen LogP) is 1.50. The summed E-state index contributed by atoms with van der Waals surface area (Å²) in [5.41, 5.74) is 0. The number of hydrogen-bond acceptors (Lipinski definition) is 14. The van der Waals surface area contributed by atoms with E-state index < -0.39 is 11.9 Å². The van der Waals surface area contributed by atoms with E-state index in [4.69, 9.17) is 57.6 Å². The van der Waals surface area contributed by atoms with Gasteiger partial charge in [0.1, 0.15) is 13.2 Å². The lowest BCUT2D eigenvalue weighted by Crippen LogP contribution is -2.15. The lowest BCUT2D eigenvalue weighted by Gasteiger charge is -2.09. The van der Waals surface area contributed by atoms with Crippen LogP contribution in [-0.4, -0.2) is 153 Å². The molecule has 16 heteroatoms. The molecule has 0 aliphatic rings. The highest BCUT2D eigenvalue weighted by Crippen LogP contribution is 2.02. The Kier molecular flexibility index (Phi) is 33.5. The average molecular weight is 671 g/mol. The van der Waals surface area contributed by atoms with E-state index in [9.17, 15) is 19.2 Å². The number of carboxylic acid groups (broad SMARTS) is 2. The molecule has 0 aromatic carbocycles. The van der Waals surface area contributed by atoms with Gasteiger partial charge in [0, 0.05) is 25.7 Å². The van der Waals surface area contributed by atoms with Crippen LogP contribution in [0.2, 0.25) is 0 Å². The van der Waals surface area contributed by atoms with Crippen LogP contribution in [0.3, 0.4) is 0 Å². The summed E-state index contributed by atoms with van der Waals surface area (Å²) in [6, 6.07) is 0. The first-order chi connectivity index (χ1) is 22.4. The lowest BCUT2D eigenvalue weighted by atomic mass is 10.2. The first-order valence-corrected chi connectivity index (χ1v) is 15.8. The zero-order valence-electron chi connectivity index (χ0n) is 27.0. The molecule has 2 N–H and O–H groups in total. The smallest absolute Gasteiger partial charge is 0.305 e. The number of carbonyl (C=O) groups is 4. The van der Waals surface area contributed by atoms with Gasteiger partial charge in [-0.05, 0) is 25.7 Å². The van der Waals surface area contributed by atoms with Crippen LogP contribution in [0.5, 0.6) is 0 Å². The number of rotatable bonds is 37. The normalized spacial score (nSPS) is 11.0. The first-order valence-electron chi connectivity index (χ1n) is 15.8. The molecule has 46 heavy (non-hydrogen) atoms. The van der Waals surface area contributed by atoms with Crippen molar-refractivity contribution in [1.29, 1.82) is 0 Å². The summed E-state index contributed by atoms with van der Waals surface area (Å²) in [5.74, 6) is -2.45. The number of esters is 2. The number of aliphatic carboxylic acids is 2. The van der Waals surface area contributed by atoms with Gasteiger partial charge in [-0.25, -0.2) is 0 Å². The number of hydrogen-bond donors (Lipinski definition) is 2. The van der Waals surface area contributed by atoms with Gasteiger partial charge in [-0.2, -0.15) is 0 Å². The highest BCUT2D eigenvalue weighted by Gasteiger charge is 2.05. The summed E-state index contributed by atoms with van der Waals surface area (Å²) < 4.78 is 53.1. The molecule has 0 heterocycles. The van der Waals surface area contributed by atoms with Gasteiger partial charge in [0.05, 0.1) is 106 Å². The molecular formula is C30H54O16. The van der Waals surface area contributed by atoms with Gasteiger partial charge in [-0.3, -0.25) is 19.2 Å². The molecule has 0 amide bonds. The van der Waals surface area contributed by atoms with Gasteiger partial charge >= 0.3 is 23.9 Å². The van der Waals surface area contributed by atoms with Crippen LogP contribution in [0.4, 0.5) is 0 Å². The molecule has 0 bridgehead atoms. The summed E-state index contributed by atoms with van der Waals surface area (Å²) in [4.78, 5) is 43.7. The van der Waals surface area contributed by atoms with E-state index >= 15 is 0 Å². The fourth-order valence-corrected chi connectivity index (χ4v) is 3.31. The van der Waals surface area contributed by atoms with Crippen LogP contribution >= 0.6 is 0 Å². The molecule has 0 spiro atoms. The molecule has 0 aliphatic carbocycles. The standard InChI is InChI=1S/C30H54O16/c31-27(32)5-1-3-7-29(35)45-25-23-43-21-19-41-17-15-39-13-11-37-9-10-38-12-14-40-16-18-42-20-22-44-24-26-46-30(36)8-4-2-6-28(33)34/h1-26H2,(H,31,32)(H,33,34). The van der Waals surface area contributed by atoms with Gasteiger partial charge in [0.2, 0.25) is 0 Å². The van der Waals surface area contributed by atoms with Crippen molar-refractivity contribution in [3.63, 3.8) is 0 Å². The fraction of sp³-hybridized carbons (Fsp3) is 0.867. The molecule has 0 saturated carbocycles. The van der Waals surface area contributed by atoms with Gasteiger partial charge < -0.3 is 57.6 Å². The van der Waals surface area contributed by atoms with Crippen molar-refractivity contribution in [2.45, 2.75) is 51.4 Å². The van der Waals surface area contributed by atoms with Gasteiger partial charge in [-0.1, -0.05) is 0 Å². The van der Waals surface area contributed by atoms with Crippen molar-refractivity contribution in [3.05, 3.63) is 0 Å². The third kappa shape index (κ3) is 37.7. The van der Waals surface area contributed by atoms with Gasteiger partial charge in [0.15, 0.2) is 0 Å². The summed E-state index contributed by atoms with van der Waals surface area (Å²) in [5, 5.41) is 17.1. The predicted molar refractivity (Wildman–Crippen MR) is 161 cm³/mol. The number of carboxylic acids is 2. The second-order valence-corrected chi connectivity index (χ2v) is 9.54. The molecule has 0 aromatic rings. The molecule has 270 valence electrons. The molecule has 0 radical (unpaired) electrons. The molecular weight excluding hydrogens is 616 g/mol. The molecule has 0 unspecified atom stereocenters. The summed E-state index contributed by atoms with van der Waals surface area (Å²) in [7, 11) is 0. The Bertz CT molecular complexity index is 676. The Morgan fingerprint density at radius 2 is 0.500 bits per heavy atom. The minimum atomic E-state index is -0.870. The number of ether oxygens (including phenoxy) is 10. The van der Waals surface area contributed by atoms with Crippen LogP contribution in [0.15, 0.2) is 0 Å². The molecule has 0 atom stereocenters. The molecule has 16 nitrogen and oxygen atoms in total. The van der Waals surface area contributed by atoms with E-state index in [1.165, 1.54) is 0 Å². The van der Waals surface area contributed by atoms with Gasteiger partial charge in [0.25, 0.3) is 0 Å². The van der Waals surface area contributed by atoms with Crippen LogP contribution in [0.25, 0.3) is 0 Å². The van der Waals surface area contributed by atoms with E-state index in [2.05, 4.69) is 0 Å². The molecule has 0 fully saturated rings. The minimum Gasteiger partial charge on any atom is -0.481 e. The second-order valence-electron chi connectivity index (χ2n) is 9.54. The van der Waals surface area contributed by atoms with E-state index in [1.54, 1.807) is 0 Å². The number of unbranched alkanes of at least 4 members (excludes halogenated alkanes) is 2. The average Bonchev–Trinajstić information content (AvgIpc) is 3.02. The fourth-order valence-electron chi connectivity index (χ4n) is 3.31. The van der Waals surface area contributed by atoms with Crippen molar-refractivity contribution >= 4 is 23.9 Å². The Hall–Kier alpha value is -2.44. The van der Waals surface area contributed by atoms with E-state index in [0.717, 1.165) is 0 Å². The lowest BCUT2D eigenvalue weighted by molar-refractivity contribution is -0.146. The van der Waals surface area contributed by atoms with Crippen LogP contribution < -0.4 is 0 Å². The monoisotopic (exact) mass is 670 g/mol. The zero-order valence-corrected chi connectivity index (χ0v) is 27.0. The molecule has 0 rings (SSSR count). The van der Waals surface area contributed by atoms with Crippen molar-refractivity contribution in [2.75, 3.05) is 119 Å².